The molecule has 0 spiro atoms. The van der Waals surface area contributed by atoms with E-state index in [2.05, 4.69) is 30.5 Å². The van der Waals surface area contributed by atoms with Crippen molar-refractivity contribution in [3.63, 3.8) is 0 Å². The van der Waals surface area contributed by atoms with Crippen LogP contribution in [-0.2, 0) is 4.79 Å². The van der Waals surface area contributed by atoms with Crippen molar-refractivity contribution < 1.29 is 4.79 Å². The average molecular weight is 293 g/mol. The number of aryl methyl sites for hydroxylation is 3. The van der Waals surface area contributed by atoms with Crippen molar-refractivity contribution in [2.45, 2.75) is 27.7 Å². The fourth-order valence-corrected chi connectivity index (χ4v) is 2.75. The Morgan fingerprint density at radius 1 is 1.23 bits per heavy atom. The highest BCUT2D eigenvalue weighted by Gasteiger charge is 2.14. The van der Waals surface area contributed by atoms with Crippen molar-refractivity contribution in [2.75, 3.05) is 0 Å². The second-order valence-corrected chi connectivity index (χ2v) is 5.44. The molecule has 0 fully saturated rings. The molecule has 4 nitrogen and oxygen atoms in total. The van der Waals surface area contributed by atoms with E-state index in [0.29, 0.717) is 0 Å². The summed E-state index contributed by atoms with van der Waals surface area (Å²) < 4.78 is 2.15. The Bertz CT molecular complexity index is 799. The number of hydrogen-bond donors (Lipinski definition) is 1. The summed E-state index contributed by atoms with van der Waals surface area (Å²) >= 11 is 0. The minimum absolute atomic E-state index is 0.0400. The number of benzene rings is 1. The summed E-state index contributed by atoms with van der Waals surface area (Å²) in [5.74, 6) is -0.709. The van der Waals surface area contributed by atoms with Crippen LogP contribution in [0.15, 0.2) is 29.8 Å². The van der Waals surface area contributed by atoms with Crippen molar-refractivity contribution in [2.24, 2.45) is 5.73 Å². The second-order valence-electron chi connectivity index (χ2n) is 5.44. The number of nitrogens with two attached hydrogens (primary N) is 1. The van der Waals surface area contributed by atoms with Crippen LogP contribution in [0.3, 0.4) is 0 Å². The predicted octanol–water partition coefficient (Wildman–Crippen LogP) is 3.10. The number of hydrogen-bond acceptors (Lipinski definition) is 2. The lowest BCUT2D eigenvalue weighted by Gasteiger charge is -2.15. The fourth-order valence-electron chi connectivity index (χ4n) is 2.75. The Kier molecular flexibility index (Phi) is 4.18. The SMILES string of the molecule is Cc1cccc(C)c1-n1c(C)cc(C=C(C#N)C(N)=O)c1C. The number of rotatable bonds is 3. The first-order valence-corrected chi connectivity index (χ1v) is 7.04. The number of primary amides is 1. The molecule has 0 aliphatic rings. The topological polar surface area (TPSA) is 71.8 Å². The van der Waals surface area contributed by atoms with Crippen LogP contribution < -0.4 is 5.73 Å². The number of amides is 1. The second kappa shape index (κ2) is 5.90. The van der Waals surface area contributed by atoms with Gasteiger partial charge in [0.1, 0.15) is 11.6 Å². The largest absolute Gasteiger partial charge is 0.365 e. The van der Waals surface area contributed by atoms with Gasteiger partial charge in [-0.2, -0.15) is 5.26 Å². The molecule has 1 heterocycles. The van der Waals surface area contributed by atoms with Gasteiger partial charge in [0.05, 0.1) is 5.69 Å². The molecule has 2 aromatic rings. The van der Waals surface area contributed by atoms with Crippen LogP contribution >= 0.6 is 0 Å². The summed E-state index contributed by atoms with van der Waals surface area (Å²) in [5, 5.41) is 9.00. The van der Waals surface area contributed by atoms with E-state index >= 15 is 0 Å². The van der Waals surface area contributed by atoms with Gasteiger partial charge in [-0.05, 0) is 56.5 Å². The van der Waals surface area contributed by atoms with E-state index in [-0.39, 0.29) is 5.57 Å². The third-order valence-corrected chi connectivity index (χ3v) is 3.82. The monoisotopic (exact) mass is 293 g/mol. The average Bonchev–Trinajstić information content (AvgIpc) is 2.71. The highest BCUT2D eigenvalue weighted by Crippen LogP contribution is 2.27. The maximum atomic E-state index is 11.2. The zero-order valence-electron chi connectivity index (χ0n) is 13.3. The molecule has 22 heavy (non-hydrogen) atoms. The van der Waals surface area contributed by atoms with Gasteiger partial charge >= 0.3 is 0 Å². The first-order chi connectivity index (χ1) is 10.4. The number of para-hydroxylation sites is 1. The third-order valence-electron chi connectivity index (χ3n) is 3.82. The quantitative estimate of drug-likeness (QED) is 0.697. The number of nitrogens with zero attached hydrogens (tertiary/aromatic N) is 2. The van der Waals surface area contributed by atoms with Crippen LogP contribution in [-0.4, -0.2) is 10.5 Å². The fraction of sp³-hybridized carbons (Fsp3) is 0.222. The van der Waals surface area contributed by atoms with Crippen LogP contribution in [0.2, 0.25) is 0 Å². The molecule has 0 saturated carbocycles. The van der Waals surface area contributed by atoms with Crippen LogP contribution in [0.5, 0.6) is 0 Å². The normalized spacial score (nSPS) is 11.3. The minimum Gasteiger partial charge on any atom is -0.365 e. The maximum absolute atomic E-state index is 11.2. The van der Waals surface area contributed by atoms with E-state index < -0.39 is 5.91 Å². The minimum atomic E-state index is -0.709. The molecule has 0 saturated heterocycles. The first kappa shape index (κ1) is 15.6. The summed E-state index contributed by atoms with van der Waals surface area (Å²) in [6.07, 6.45) is 1.55. The molecule has 112 valence electrons. The molecule has 1 aromatic carbocycles. The molecule has 0 atom stereocenters. The van der Waals surface area contributed by atoms with Crippen molar-refractivity contribution in [1.82, 2.24) is 4.57 Å². The Labute approximate surface area is 130 Å². The van der Waals surface area contributed by atoms with E-state index in [9.17, 15) is 4.79 Å². The molecular formula is C18H19N3O. The molecule has 2 rings (SSSR count). The lowest BCUT2D eigenvalue weighted by Crippen LogP contribution is -2.12. The Balaban J connectivity index is 2.68. The summed E-state index contributed by atoms with van der Waals surface area (Å²) in [6.45, 7) is 8.12. The molecule has 2 N–H and O–H groups in total. The van der Waals surface area contributed by atoms with Crippen molar-refractivity contribution in [3.05, 3.63) is 57.9 Å². The highest BCUT2D eigenvalue weighted by molar-refractivity contribution is 6.00. The molecule has 1 amide bonds. The molecule has 4 heteroatoms. The summed E-state index contributed by atoms with van der Waals surface area (Å²) in [4.78, 5) is 11.2. The van der Waals surface area contributed by atoms with Gasteiger partial charge < -0.3 is 10.3 Å². The molecule has 0 aliphatic carbocycles. The van der Waals surface area contributed by atoms with E-state index in [0.717, 1.165) is 22.6 Å². The summed E-state index contributed by atoms with van der Waals surface area (Å²) in [6, 6.07) is 9.98. The van der Waals surface area contributed by atoms with Crippen LogP contribution in [0.4, 0.5) is 0 Å². The van der Waals surface area contributed by atoms with E-state index in [1.165, 1.54) is 11.1 Å². The van der Waals surface area contributed by atoms with Gasteiger partial charge in [-0.3, -0.25) is 4.79 Å². The molecule has 0 bridgehead atoms. The lowest BCUT2D eigenvalue weighted by atomic mass is 10.1. The lowest BCUT2D eigenvalue weighted by molar-refractivity contribution is -0.114. The van der Waals surface area contributed by atoms with Gasteiger partial charge in [0.2, 0.25) is 0 Å². The van der Waals surface area contributed by atoms with Gasteiger partial charge in [0.25, 0.3) is 5.91 Å². The Morgan fingerprint density at radius 3 is 2.32 bits per heavy atom. The molecule has 0 unspecified atom stereocenters. The van der Waals surface area contributed by atoms with Crippen LogP contribution in [0.25, 0.3) is 11.8 Å². The Morgan fingerprint density at radius 2 is 1.82 bits per heavy atom. The molecule has 1 aromatic heterocycles. The van der Waals surface area contributed by atoms with Gasteiger partial charge in [-0.15, -0.1) is 0 Å². The van der Waals surface area contributed by atoms with Crippen molar-refractivity contribution >= 4 is 12.0 Å². The number of carbonyl (C=O) groups excluding carboxylic acids is 1. The summed E-state index contributed by atoms with van der Waals surface area (Å²) in [7, 11) is 0. The van der Waals surface area contributed by atoms with Crippen molar-refractivity contribution in [1.29, 1.82) is 5.26 Å². The Hall–Kier alpha value is -2.80. The first-order valence-electron chi connectivity index (χ1n) is 7.04. The van der Waals surface area contributed by atoms with Crippen molar-refractivity contribution in [3.8, 4) is 11.8 Å². The van der Waals surface area contributed by atoms with Crippen LogP contribution in [0, 0.1) is 39.0 Å². The van der Waals surface area contributed by atoms with Gasteiger partial charge in [-0.25, -0.2) is 0 Å². The number of nitriles is 1. The predicted molar refractivity (Wildman–Crippen MR) is 87.5 cm³/mol. The number of carbonyl (C=O) groups is 1. The van der Waals surface area contributed by atoms with Gasteiger partial charge in [-0.1, -0.05) is 18.2 Å². The number of aromatic nitrogens is 1. The molecule has 0 aliphatic heterocycles. The third kappa shape index (κ3) is 2.66. The summed E-state index contributed by atoms with van der Waals surface area (Å²) in [5.41, 5.74) is 11.5. The molecule has 0 radical (unpaired) electrons. The standard InChI is InChI=1S/C18H19N3O/c1-11-6-5-7-12(2)17(11)21-13(3)8-15(14(21)4)9-16(10-19)18(20)22/h5-9H,1-4H3,(H2,20,22). The highest BCUT2D eigenvalue weighted by atomic mass is 16.1. The zero-order chi connectivity index (χ0) is 16.4. The van der Waals surface area contributed by atoms with Crippen LogP contribution in [0.1, 0.15) is 28.1 Å². The zero-order valence-corrected chi connectivity index (χ0v) is 13.3. The van der Waals surface area contributed by atoms with E-state index in [1.54, 1.807) is 6.08 Å². The van der Waals surface area contributed by atoms with Gasteiger partial charge in [0, 0.05) is 11.4 Å². The smallest absolute Gasteiger partial charge is 0.259 e. The maximum Gasteiger partial charge on any atom is 0.259 e. The van der Waals surface area contributed by atoms with E-state index in [4.69, 9.17) is 11.0 Å². The molecular weight excluding hydrogens is 274 g/mol. The van der Waals surface area contributed by atoms with E-state index in [1.807, 2.05) is 32.0 Å². The van der Waals surface area contributed by atoms with Gasteiger partial charge in [0.15, 0.2) is 0 Å².